The number of hydrogen-bond donors (Lipinski definition) is 2. The summed E-state index contributed by atoms with van der Waals surface area (Å²) in [5, 5.41) is 4.08. The zero-order valence-electron chi connectivity index (χ0n) is 18.2. The summed E-state index contributed by atoms with van der Waals surface area (Å²) < 4.78 is 15.6. The van der Waals surface area contributed by atoms with Crippen LogP contribution in [-0.4, -0.2) is 32.9 Å². The lowest BCUT2D eigenvalue weighted by Gasteiger charge is -2.31. The standard InChI is InChI=1S/C24H27ClFN5O/c1-15(2)13-20(27)24(32)30-11-12-31-21(14-30)29-22(16-3-7-18(26)8-4-16)23(31)28-19-9-5-17(25)6-10-19/h3-10,15,20,28H,11-14,27H2,1-2H3/t20-/m0/s1. The smallest absolute Gasteiger partial charge is 0.239 e. The van der Waals surface area contributed by atoms with Gasteiger partial charge in [0.2, 0.25) is 5.91 Å². The van der Waals surface area contributed by atoms with Crippen LogP contribution in [0.5, 0.6) is 0 Å². The van der Waals surface area contributed by atoms with E-state index in [0.717, 1.165) is 22.9 Å². The molecule has 1 aliphatic rings. The number of benzene rings is 2. The first-order valence-corrected chi connectivity index (χ1v) is 11.1. The zero-order valence-corrected chi connectivity index (χ0v) is 18.9. The number of hydrogen-bond acceptors (Lipinski definition) is 4. The second kappa shape index (κ2) is 9.30. The molecule has 4 rings (SSSR count). The average molecular weight is 456 g/mol. The molecule has 1 aliphatic heterocycles. The molecule has 0 radical (unpaired) electrons. The molecular weight excluding hydrogens is 429 g/mol. The van der Waals surface area contributed by atoms with Gasteiger partial charge in [-0.25, -0.2) is 9.37 Å². The largest absolute Gasteiger partial charge is 0.340 e. The van der Waals surface area contributed by atoms with Crippen molar-refractivity contribution in [1.82, 2.24) is 14.5 Å². The van der Waals surface area contributed by atoms with Gasteiger partial charge in [-0.3, -0.25) is 4.79 Å². The van der Waals surface area contributed by atoms with Gasteiger partial charge in [-0.05, 0) is 60.9 Å². The fourth-order valence-electron chi connectivity index (χ4n) is 3.97. The number of carbonyl (C=O) groups excluding carboxylic acids is 1. The maximum absolute atomic E-state index is 13.5. The first kappa shape index (κ1) is 22.3. The number of aromatic nitrogens is 2. The van der Waals surface area contributed by atoms with E-state index in [9.17, 15) is 9.18 Å². The van der Waals surface area contributed by atoms with Gasteiger partial charge in [0.15, 0.2) is 0 Å². The van der Waals surface area contributed by atoms with Gasteiger partial charge in [-0.2, -0.15) is 0 Å². The van der Waals surface area contributed by atoms with E-state index in [-0.39, 0.29) is 11.7 Å². The summed E-state index contributed by atoms with van der Waals surface area (Å²) in [5.74, 6) is 1.55. The molecule has 2 aromatic carbocycles. The normalized spacial score (nSPS) is 14.4. The number of nitrogens with zero attached hydrogens (tertiary/aromatic N) is 3. The molecule has 6 nitrogen and oxygen atoms in total. The Bertz CT molecular complexity index is 1090. The van der Waals surface area contributed by atoms with Crippen molar-refractivity contribution in [2.24, 2.45) is 11.7 Å². The van der Waals surface area contributed by atoms with Gasteiger partial charge < -0.3 is 20.5 Å². The van der Waals surface area contributed by atoms with Crippen molar-refractivity contribution < 1.29 is 9.18 Å². The van der Waals surface area contributed by atoms with Crippen molar-refractivity contribution in [2.75, 3.05) is 11.9 Å². The lowest BCUT2D eigenvalue weighted by molar-refractivity contribution is -0.134. The molecule has 168 valence electrons. The summed E-state index contributed by atoms with van der Waals surface area (Å²) in [6, 6.07) is 13.1. The van der Waals surface area contributed by atoms with Crippen LogP contribution >= 0.6 is 11.6 Å². The molecule has 0 aliphatic carbocycles. The van der Waals surface area contributed by atoms with Crippen LogP contribution in [0.2, 0.25) is 5.02 Å². The third-order valence-electron chi connectivity index (χ3n) is 5.55. The Morgan fingerprint density at radius 2 is 1.84 bits per heavy atom. The van der Waals surface area contributed by atoms with Gasteiger partial charge in [-0.15, -0.1) is 0 Å². The van der Waals surface area contributed by atoms with E-state index in [0.29, 0.717) is 42.7 Å². The lowest BCUT2D eigenvalue weighted by atomic mass is 10.0. The van der Waals surface area contributed by atoms with E-state index in [1.165, 1.54) is 12.1 Å². The first-order chi connectivity index (χ1) is 15.3. The number of halogens is 2. The monoisotopic (exact) mass is 455 g/mol. The minimum absolute atomic E-state index is 0.0523. The van der Waals surface area contributed by atoms with E-state index in [1.54, 1.807) is 17.0 Å². The van der Waals surface area contributed by atoms with Crippen LogP contribution in [0.15, 0.2) is 48.5 Å². The van der Waals surface area contributed by atoms with Crippen LogP contribution in [0.1, 0.15) is 26.1 Å². The van der Waals surface area contributed by atoms with Crippen LogP contribution in [0.3, 0.4) is 0 Å². The van der Waals surface area contributed by atoms with Crippen molar-refractivity contribution in [2.45, 2.75) is 39.4 Å². The molecule has 1 amide bonds. The van der Waals surface area contributed by atoms with Crippen molar-refractivity contribution in [3.63, 3.8) is 0 Å². The zero-order chi connectivity index (χ0) is 22.8. The molecule has 1 aromatic heterocycles. The van der Waals surface area contributed by atoms with E-state index in [4.69, 9.17) is 22.3 Å². The predicted octanol–water partition coefficient (Wildman–Crippen LogP) is 4.80. The van der Waals surface area contributed by atoms with Gasteiger partial charge in [0.25, 0.3) is 0 Å². The topological polar surface area (TPSA) is 76.2 Å². The first-order valence-electron chi connectivity index (χ1n) is 10.7. The molecule has 3 aromatic rings. The molecule has 1 atom stereocenters. The maximum atomic E-state index is 13.5. The summed E-state index contributed by atoms with van der Waals surface area (Å²) in [7, 11) is 0. The maximum Gasteiger partial charge on any atom is 0.239 e. The summed E-state index contributed by atoms with van der Waals surface area (Å²) in [6.07, 6.45) is 0.647. The fraction of sp³-hybridized carbons (Fsp3) is 0.333. The second-order valence-corrected chi connectivity index (χ2v) is 8.95. The summed E-state index contributed by atoms with van der Waals surface area (Å²) >= 11 is 6.02. The third kappa shape index (κ3) is 4.79. The highest BCUT2D eigenvalue weighted by atomic mass is 35.5. The van der Waals surface area contributed by atoms with Crippen LogP contribution in [-0.2, 0) is 17.9 Å². The second-order valence-electron chi connectivity index (χ2n) is 8.51. The molecule has 0 fully saturated rings. The summed E-state index contributed by atoms with van der Waals surface area (Å²) in [4.78, 5) is 19.5. The quantitative estimate of drug-likeness (QED) is 0.559. The molecule has 0 unspecified atom stereocenters. The molecule has 32 heavy (non-hydrogen) atoms. The van der Waals surface area contributed by atoms with Crippen molar-refractivity contribution in [1.29, 1.82) is 0 Å². The predicted molar refractivity (Wildman–Crippen MR) is 125 cm³/mol. The number of rotatable bonds is 6. The molecule has 0 spiro atoms. The Morgan fingerprint density at radius 3 is 2.50 bits per heavy atom. The van der Waals surface area contributed by atoms with Gasteiger partial charge >= 0.3 is 0 Å². The van der Waals surface area contributed by atoms with Crippen molar-refractivity contribution in [3.05, 3.63) is 65.2 Å². The van der Waals surface area contributed by atoms with Gasteiger partial charge in [0, 0.05) is 29.4 Å². The minimum Gasteiger partial charge on any atom is -0.340 e. The van der Waals surface area contributed by atoms with Gasteiger partial charge in [0.1, 0.15) is 23.2 Å². The van der Waals surface area contributed by atoms with Crippen molar-refractivity contribution in [3.8, 4) is 11.3 Å². The molecule has 3 N–H and O–H groups in total. The van der Waals surface area contributed by atoms with Crippen LogP contribution in [0.4, 0.5) is 15.9 Å². The number of nitrogens with two attached hydrogens (primary N) is 1. The van der Waals surface area contributed by atoms with Gasteiger partial charge in [0.05, 0.1) is 12.6 Å². The van der Waals surface area contributed by atoms with E-state index < -0.39 is 6.04 Å². The average Bonchev–Trinajstić information content (AvgIpc) is 3.12. The number of fused-ring (bicyclic) bond motifs is 1. The number of nitrogens with one attached hydrogen (secondary N) is 1. The Hall–Kier alpha value is -2.90. The Kier molecular flexibility index (Phi) is 6.48. The van der Waals surface area contributed by atoms with Crippen LogP contribution in [0.25, 0.3) is 11.3 Å². The molecule has 0 saturated carbocycles. The summed E-state index contributed by atoms with van der Waals surface area (Å²) in [5.41, 5.74) is 8.50. The van der Waals surface area contributed by atoms with Crippen LogP contribution in [0, 0.1) is 11.7 Å². The van der Waals surface area contributed by atoms with Crippen LogP contribution < -0.4 is 11.1 Å². The third-order valence-corrected chi connectivity index (χ3v) is 5.80. The fourth-order valence-corrected chi connectivity index (χ4v) is 4.09. The van der Waals surface area contributed by atoms with Gasteiger partial charge in [-0.1, -0.05) is 25.4 Å². The highest BCUT2D eigenvalue weighted by Crippen LogP contribution is 2.33. The molecule has 8 heteroatoms. The van der Waals surface area contributed by atoms with E-state index in [2.05, 4.69) is 23.7 Å². The minimum atomic E-state index is -0.514. The highest BCUT2D eigenvalue weighted by Gasteiger charge is 2.29. The lowest BCUT2D eigenvalue weighted by Crippen LogP contribution is -2.47. The van der Waals surface area contributed by atoms with Crippen molar-refractivity contribution >= 4 is 29.0 Å². The molecule has 0 saturated heterocycles. The number of carbonyl (C=O) groups is 1. The summed E-state index contributed by atoms with van der Waals surface area (Å²) in [6.45, 7) is 5.62. The number of imidazole rings is 1. The van der Waals surface area contributed by atoms with E-state index >= 15 is 0 Å². The highest BCUT2D eigenvalue weighted by molar-refractivity contribution is 6.30. The molecular formula is C24H27ClFN5O. The Labute approximate surface area is 192 Å². The Morgan fingerprint density at radius 1 is 1.16 bits per heavy atom. The Balaban J connectivity index is 1.67. The molecule has 0 bridgehead atoms. The number of anilines is 2. The van der Waals surface area contributed by atoms with E-state index in [1.807, 2.05) is 24.3 Å². The number of amides is 1. The SMILES string of the molecule is CC(C)C[C@H](N)C(=O)N1CCn2c(nc(-c3ccc(F)cc3)c2Nc2ccc(Cl)cc2)C1. The molecule has 2 heterocycles.